The summed E-state index contributed by atoms with van der Waals surface area (Å²) in [6.07, 6.45) is 0. The van der Waals surface area contributed by atoms with Crippen LogP contribution in [0.1, 0.15) is 11.1 Å². The Morgan fingerprint density at radius 1 is 1.18 bits per heavy atom. The lowest BCUT2D eigenvalue weighted by molar-refractivity contribution is -0.141. The highest BCUT2D eigenvalue weighted by atomic mass is 35.5. The first kappa shape index (κ1) is 19.7. The van der Waals surface area contributed by atoms with Crippen molar-refractivity contribution in [1.82, 2.24) is 9.97 Å². The molecule has 1 N–H and O–H groups in total. The topological polar surface area (TPSA) is 95.8 Å². The van der Waals surface area contributed by atoms with Crippen LogP contribution in [-0.2, 0) is 16.1 Å². The fourth-order valence-corrected chi connectivity index (χ4v) is 3.13. The summed E-state index contributed by atoms with van der Waals surface area (Å²) in [5.41, 5.74) is 1.04. The number of carbonyl (C=O) groups excluding carboxylic acids is 1. The summed E-state index contributed by atoms with van der Waals surface area (Å²) in [4.78, 5) is 31.0. The number of hydrogen-bond acceptors (Lipinski definition) is 6. The summed E-state index contributed by atoms with van der Waals surface area (Å²) < 4.78 is 5.21. The minimum absolute atomic E-state index is 0.0261. The van der Waals surface area contributed by atoms with E-state index in [1.165, 1.54) is 0 Å². The van der Waals surface area contributed by atoms with Gasteiger partial charge in [0.25, 0.3) is 5.56 Å². The van der Waals surface area contributed by atoms with Crippen molar-refractivity contribution >= 4 is 29.3 Å². The van der Waals surface area contributed by atoms with Crippen LogP contribution in [0.15, 0.2) is 64.5 Å². The Hall–Kier alpha value is -3.08. The van der Waals surface area contributed by atoms with E-state index in [4.69, 9.17) is 16.3 Å². The third kappa shape index (κ3) is 5.00. The van der Waals surface area contributed by atoms with Gasteiger partial charge in [-0.3, -0.25) is 9.59 Å². The van der Waals surface area contributed by atoms with Crippen molar-refractivity contribution < 1.29 is 9.53 Å². The molecule has 0 saturated carbocycles. The number of aromatic nitrogens is 2. The molecule has 0 radical (unpaired) electrons. The van der Waals surface area contributed by atoms with E-state index in [1.54, 1.807) is 24.3 Å². The van der Waals surface area contributed by atoms with E-state index in [0.717, 1.165) is 17.3 Å². The number of hydrogen-bond donors (Lipinski definition) is 1. The van der Waals surface area contributed by atoms with Gasteiger partial charge < -0.3 is 9.72 Å². The lowest BCUT2D eigenvalue weighted by atomic mass is 10.1. The predicted molar refractivity (Wildman–Crippen MR) is 107 cm³/mol. The number of H-pyrrole nitrogens is 1. The highest BCUT2D eigenvalue weighted by Gasteiger charge is 2.15. The van der Waals surface area contributed by atoms with Gasteiger partial charge in [-0.15, -0.1) is 0 Å². The molecule has 28 heavy (non-hydrogen) atoms. The second-order valence-corrected chi connectivity index (χ2v) is 7.05. The molecule has 140 valence electrons. The van der Waals surface area contributed by atoms with Crippen LogP contribution in [0.3, 0.4) is 0 Å². The minimum Gasteiger partial charge on any atom is -0.460 e. The molecule has 3 aromatic rings. The molecule has 0 bridgehead atoms. The smallest absolute Gasteiger partial charge is 0.316 e. The number of nitrogens with zero attached hydrogens (tertiary/aromatic N) is 2. The zero-order chi connectivity index (χ0) is 19.9. The molecule has 0 saturated heterocycles. The van der Waals surface area contributed by atoms with Crippen LogP contribution >= 0.6 is 23.4 Å². The first-order chi connectivity index (χ1) is 13.6. The van der Waals surface area contributed by atoms with Crippen LogP contribution in [-0.4, -0.2) is 21.7 Å². The van der Waals surface area contributed by atoms with Crippen LogP contribution in [0.2, 0.25) is 5.02 Å². The van der Waals surface area contributed by atoms with Crippen molar-refractivity contribution in [2.24, 2.45) is 0 Å². The van der Waals surface area contributed by atoms with Gasteiger partial charge in [-0.1, -0.05) is 65.8 Å². The fourth-order valence-electron chi connectivity index (χ4n) is 2.35. The quantitative estimate of drug-likeness (QED) is 0.376. The number of thioether (sulfide) groups is 1. The number of carbonyl (C=O) groups is 1. The van der Waals surface area contributed by atoms with E-state index in [-0.39, 0.29) is 28.8 Å². The SMILES string of the molecule is N#Cc1c(-c2ccc(Cl)cc2)nc(SCC(=O)OCc2ccccc2)[nH]c1=O. The maximum absolute atomic E-state index is 12.2. The van der Waals surface area contributed by atoms with Crippen molar-refractivity contribution in [3.8, 4) is 17.3 Å². The number of esters is 1. The Morgan fingerprint density at radius 2 is 1.89 bits per heavy atom. The molecule has 8 heteroatoms. The summed E-state index contributed by atoms with van der Waals surface area (Å²) in [6.45, 7) is 0.174. The molecule has 2 aromatic carbocycles. The Kier molecular flexibility index (Phi) is 6.48. The van der Waals surface area contributed by atoms with Gasteiger partial charge in [0.15, 0.2) is 5.16 Å². The fraction of sp³-hybridized carbons (Fsp3) is 0.100. The number of nitriles is 1. The number of ether oxygens (including phenoxy) is 1. The first-order valence-electron chi connectivity index (χ1n) is 8.19. The van der Waals surface area contributed by atoms with Gasteiger partial charge in [-0.2, -0.15) is 5.26 Å². The Bertz CT molecular complexity index is 1080. The van der Waals surface area contributed by atoms with Gasteiger partial charge in [0.05, 0.1) is 11.4 Å². The van der Waals surface area contributed by atoms with Crippen molar-refractivity contribution in [3.63, 3.8) is 0 Å². The summed E-state index contributed by atoms with van der Waals surface area (Å²) in [6, 6.07) is 17.8. The third-order valence-electron chi connectivity index (χ3n) is 3.70. The van der Waals surface area contributed by atoms with Gasteiger partial charge >= 0.3 is 5.97 Å². The summed E-state index contributed by atoms with van der Waals surface area (Å²) in [7, 11) is 0. The van der Waals surface area contributed by atoms with Crippen LogP contribution in [0.4, 0.5) is 0 Å². The highest BCUT2D eigenvalue weighted by Crippen LogP contribution is 2.23. The molecule has 6 nitrogen and oxygen atoms in total. The predicted octanol–water partition coefficient (Wildman–Crippen LogP) is 3.80. The number of benzene rings is 2. The minimum atomic E-state index is -0.567. The van der Waals surface area contributed by atoms with Crippen LogP contribution in [0.5, 0.6) is 0 Å². The molecule has 1 heterocycles. The molecule has 0 fully saturated rings. The maximum atomic E-state index is 12.2. The summed E-state index contributed by atoms with van der Waals surface area (Å²) in [5.74, 6) is -0.462. The van der Waals surface area contributed by atoms with E-state index in [1.807, 2.05) is 36.4 Å². The van der Waals surface area contributed by atoms with E-state index >= 15 is 0 Å². The molecule has 0 atom stereocenters. The Labute approximate surface area is 170 Å². The molecular formula is C20H14ClN3O3S. The molecule has 1 aromatic heterocycles. The van der Waals surface area contributed by atoms with Crippen molar-refractivity contribution in [2.75, 3.05) is 5.75 Å². The molecule has 3 rings (SSSR count). The third-order valence-corrected chi connectivity index (χ3v) is 4.80. The zero-order valence-electron chi connectivity index (χ0n) is 14.5. The van der Waals surface area contributed by atoms with Crippen LogP contribution in [0.25, 0.3) is 11.3 Å². The molecular weight excluding hydrogens is 398 g/mol. The van der Waals surface area contributed by atoms with E-state index in [0.29, 0.717) is 10.6 Å². The maximum Gasteiger partial charge on any atom is 0.316 e. The van der Waals surface area contributed by atoms with Crippen molar-refractivity contribution in [1.29, 1.82) is 5.26 Å². The van der Waals surface area contributed by atoms with Gasteiger partial charge in [0, 0.05) is 10.6 Å². The standard InChI is InChI=1S/C20H14ClN3O3S/c21-15-8-6-14(7-9-15)18-16(10-22)19(26)24-20(23-18)28-12-17(25)27-11-13-4-2-1-3-5-13/h1-9H,11-12H2,(H,23,24,26). The number of aromatic amines is 1. The molecule has 0 aliphatic carbocycles. The lowest BCUT2D eigenvalue weighted by Gasteiger charge is -2.07. The van der Waals surface area contributed by atoms with Gasteiger partial charge in [0.1, 0.15) is 18.2 Å². The van der Waals surface area contributed by atoms with Crippen molar-refractivity contribution in [3.05, 3.63) is 81.1 Å². The summed E-state index contributed by atoms with van der Waals surface area (Å²) in [5, 5.41) is 10.0. The second-order valence-electron chi connectivity index (χ2n) is 5.65. The average Bonchev–Trinajstić information content (AvgIpc) is 2.71. The van der Waals surface area contributed by atoms with E-state index < -0.39 is 11.5 Å². The van der Waals surface area contributed by atoms with Gasteiger partial charge in [0.2, 0.25) is 0 Å². The zero-order valence-corrected chi connectivity index (χ0v) is 16.1. The number of rotatable bonds is 6. The van der Waals surface area contributed by atoms with E-state index in [9.17, 15) is 14.9 Å². The average molecular weight is 412 g/mol. The van der Waals surface area contributed by atoms with Gasteiger partial charge in [-0.05, 0) is 17.7 Å². The van der Waals surface area contributed by atoms with Gasteiger partial charge in [-0.25, -0.2) is 4.98 Å². The monoisotopic (exact) mass is 411 g/mol. The Morgan fingerprint density at radius 3 is 2.57 bits per heavy atom. The van der Waals surface area contributed by atoms with Crippen LogP contribution < -0.4 is 5.56 Å². The van der Waals surface area contributed by atoms with E-state index in [2.05, 4.69) is 9.97 Å². The van der Waals surface area contributed by atoms with Crippen molar-refractivity contribution in [2.45, 2.75) is 11.8 Å². The highest BCUT2D eigenvalue weighted by molar-refractivity contribution is 7.99. The molecule has 0 aliphatic heterocycles. The van der Waals surface area contributed by atoms with Crippen LogP contribution in [0, 0.1) is 11.3 Å². The molecule has 0 unspecified atom stereocenters. The summed E-state index contributed by atoms with van der Waals surface area (Å²) >= 11 is 6.92. The number of halogens is 1. The Balaban J connectivity index is 1.72. The number of nitrogens with one attached hydrogen (secondary N) is 1. The molecule has 0 aliphatic rings. The largest absolute Gasteiger partial charge is 0.460 e. The normalized spacial score (nSPS) is 10.3. The first-order valence-corrected chi connectivity index (χ1v) is 9.56. The second kappa shape index (κ2) is 9.22. The lowest BCUT2D eigenvalue weighted by Crippen LogP contribution is -2.15. The molecule has 0 spiro atoms. The molecule has 0 amide bonds.